The molecule has 0 aliphatic heterocycles. The lowest BCUT2D eigenvalue weighted by Gasteiger charge is -2.21. The number of rotatable bonds is 6. The standard InChI is InChI=1S/C18H25NO/c1-13-10-14(2)12-17(11-13)16(4)19-15(3)7-8-18-6-5-9-20-18/h5-6,9-12,15-16,19H,7-8H2,1-4H3. The van der Waals surface area contributed by atoms with Crippen LogP contribution in [0.1, 0.15) is 48.8 Å². The Morgan fingerprint density at radius 3 is 2.40 bits per heavy atom. The third-order valence-electron chi connectivity index (χ3n) is 3.68. The van der Waals surface area contributed by atoms with E-state index in [1.807, 2.05) is 12.1 Å². The van der Waals surface area contributed by atoms with Crippen molar-refractivity contribution < 1.29 is 4.42 Å². The zero-order chi connectivity index (χ0) is 14.5. The van der Waals surface area contributed by atoms with Crippen LogP contribution in [-0.4, -0.2) is 6.04 Å². The van der Waals surface area contributed by atoms with E-state index in [-0.39, 0.29) is 0 Å². The second-order valence-corrected chi connectivity index (χ2v) is 5.83. The van der Waals surface area contributed by atoms with Gasteiger partial charge in [-0.3, -0.25) is 0 Å². The van der Waals surface area contributed by atoms with E-state index in [1.165, 1.54) is 16.7 Å². The quantitative estimate of drug-likeness (QED) is 0.832. The van der Waals surface area contributed by atoms with Crippen LogP contribution in [0.5, 0.6) is 0 Å². The zero-order valence-corrected chi connectivity index (χ0v) is 12.9. The largest absolute Gasteiger partial charge is 0.469 e. The SMILES string of the molecule is Cc1cc(C)cc(C(C)NC(C)CCc2ccco2)c1. The lowest BCUT2D eigenvalue weighted by molar-refractivity contribution is 0.430. The van der Waals surface area contributed by atoms with Crippen LogP contribution in [0.2, 0.25) is 0 Å². The Morgan fingerprint density at radius 2 is 1.80 bits per heavy atom. The molecule has 2 nitrogen and oxygen atoms in total. The summed E-state index contributed by atoms with van der Waals surface area (Å²) in [4.78, 5) is 0. The molecule has 2 atom stereocenters. The number of aryl methyl sites for hydroxylation is 3. The van der Waals surface area contributed by atoms with Gasteiger partial charge in [0.25, 0.3) is 0 Å². The molecule has 0 fully saturated rings. The molecule has 0 bridgehead atoms. The molecule has 0 radical (unpaired) electrons. The molecular weight excluding hydrogens is 246 g/mol. The predicted octanol–water partition coefficient (Wildman–Crippen LogP) is 4.57. The average Bonchev–Trinajstić information content (AvgIpc) is 2.88. The molecule has 1 N–H and O–H groups in total. The van der Waals surface area contributed by atoms with Gasteiger partial charge in [-0.2, -0.15) is 0 Å². The number of hydrogen-bond acceptors (Lipinski definition) is 2. The highest BCUT2D eigenvalue weighted by Gasteiger charge is 2.10. The van der Waals surface area contributed by atoms with Crippen molar-refractivity contribution in [3.8, 4) is 0 Å². The van der Waals surface area contributed by atoms with Gasteiger partial charge in [-0.25, -0.2) is 0 Å². The second kappa shape index (κ2) is 6.76. The Balaban J connectivity index is 1.88. The Bertz CT molecular complexity index is 510. The van der Waals surface area contributed by atoms with Crippen molar-refractivity contribution in [3.63, 3.8) is 0 Å². The first kappa shape index (κ1) is 14.9. The van der Waals surface area contributed by atoms with Crippen molar-refractivity contribution in [2.45, 2.75) is 52.6 Å². The Labute approximate surface area is 122 Å². The first-order valence-electron chi connectivity index (χ1n) is 7.41. The first-order valence-corrected chi connectivity index (χ1v) is 7.41. The Kier molecular flexibility index (Phi) is 5.02. The minimum atomic E-state index is 0.375. The van der Waals surface area contributed by atoms with Gasteiger partial charge in [0.05, 0.1) is 6.26 Å². The fraction of sp³-hybridized carbons (Fsp3) is 0.444. The van der Waals surface area contributed by atoms with E-state index in [9.17, 15) is 0 Å². The highest BCUT2D eigenvalue weighted by molar-refractivity contribution is 5.30. The van der Waals surface area contributed by atoms with E-state index < -0.39 is 0 Å². The maximum Gasteiger partial charge on any atom is 0.103 e. The van der Waals surface area contributed by atoms with Crippen molar-refractivity contribution in [1.29, 1.82) is 0 Å². The fourth-order valence-corrected chi connectivity index (χ4v) is 2.68. The second-order valence-electron chi connectivity index (χ2n) is 5.83. The van der Waals surface area contributed by atoms with Gasteiger partial charge in [-0.1, -0.05) is 29.3 Å². The molecular formula is C18H25NO. The topological polar surface area (TPSA) is 25.2 Å². The van der Waals surface area contributed by atoms with E-state index in [2.05, 4.69) is 51.2 Å². The molecule has 1 heterocycles. The fourth-order valence-electron chi connectivity index (χ4n) is 2.68. The van der Waals surface area contributed by atoms with E-state index in [4.69, 9.17) is 4.42 Å². The van der Waals surface area contributed by atoms with Gasteiger partial charge >= 0.3 is 0 Å². The normalized spacial score (nSPS) is 14.2. The van der Waals surface area contributed by atoms with Crippen LogP contribution in [-0.2, 0) is 6.42 Å². The maximum atomic E-state index is 5.38. The molecule has 0 aliphatic rings. The molecule has 20 heavy (non-hydrogen) atoms. The molecule has 2 aromatic rings. The summed E-state index contributed by atoms with van der Waals surface area (Å²) in [5, 5.41) is 3.67. The number of benzene rings is 1. The summed E-state index contributed by atoms with van der Waals surface area (Å²) in [6, 6.07) is 11.6. The number of furan rings is 1. The molecule has 1 aromatic heterocycles. The lowest BCUT2D eigenvalue weighted by atomic mass is 10.0. The molecule has 108 valence electrons. The van der Waals surface area contributed by atoms with Crippen molar-refractivity contribution in [2.24, 2.45) is 0 Å². The van der Waals surface area contributed by atoms with Gasteiger partial charge in [0.15, 0.2) is 0 Å². The molecule has 2 heteroatoms. The van der Waals surface area contributed by atoms with Crippen LogP contribution in [0, 0.1) is 13.8 Å². The minimum Gasteiger partial charge on any atom is -0.469 e. The van der Waals surface area contributed by atoms with Gasteiger partial charge in [0, 0.05) is 18.5 Å². The molecule has 2 rings (SSSR count). The number of nitrogens with one attached hydrogen (secondary N) is 1. The van der Waals surface area contributed by atoms with Crippen LogP contribution in [0.15, 0.2) is 41.0 Å². The van der Waals surface area contributed by atoms with Crippen LogP contribution >= 0.6 is 0 Å². The third-order valence-corrected chi connectivity index (χ3v) is 3.68. The molecule has 0 saturated carbocycles. The van der Waals surface area contributed by atoms with Crippen LogP contribution < -0.4 is 5.32 Å². The highest BCUT2D eigenvalue weighted by atomic mass is 16.3. The highest BCUT2D eigenvalue weighted by Crippen LogP contribution is 2.18. The maximum absolute atomic E-state index is 5.38. The molecule has 2 unspecified atom stereocenters. The monoisotopic (exact) mass is 271 g/mol. The molecule has 0 spiro atoms. The zero-order valence-electron chi connectivity index (χ0n) is 12.9. The smallest absolute Gasteiger partial charge is 0.103 e. The van der Waals surface area contributed by atoms with E-state index in [1.54, 1.807) is 6.26 Å². The van der Waals surface area contributed by atoms with Gasteiger partial charge in [-0.05, 0) is 51.8 Å². The van der Waals surface area contributed by atoms with Gasteiger partial charge < -0.3 is 9.73 Å². The summed E-state index contributed by atoms with van der Waals surface area (Å²) in [6.07, 6.45) is 3.81. The third kappa shape index (κ3) is 4.24. The van der Waals surface area contributed by atoms with Crippen LogP contribution in [0.25, 0.3) is 0 Å². The van der Waals surface area contributed by atoms with E-state index in [0.29, 0.717) is 12.1 Å². The Hall–Kier alpha value is -1.54. The minimum absolute atomic E-state index is 0.375. The van der Waals surface area contributed by atoms with Crippen molar-refractivity contribution >= 4 is 0 Å². The summed E-state index contributed by atoms with van der Waals surface area (Å²) < 4.78 is 5.38. The van der Waals surface area contributed by atoms with Crippen molar-refractivity contribution in [2.75, 3.05) is 0 Å². The van der Waals surface area contributed by atoms with Gasteiger partial charge in [0.2, 0.25) is 0 Å². The summed E-state index contributed by atoms with van der Waals surface area (Å²) >= 11 is 0. The molecule has 0 aliphatic carbocycles. The number of hydrogen-bond donors (Lipinski definition) is 1. The average molecular weight is 271 g/mol. The summed E-state index contributed by atoms with van der Waals surface area (Å²) in [7, 11) is 0. The first-order chi connectivity index (χ1) is 9.54. The van der Waals surface area contributed by atoms with Crippen LogP contribution in [0.4, 0.5) is 0 Å². The van der Waals surface area contributed by atoms with Gasteiger partial charge in [-0.15, -0.1) is 0 Å². The van der Waals surface area contributed by atoms with Crippen molar-refractivity contribution in [3.05, 3.63) is 59.0 Å². The summed E-state index contributed by atoms with van der Waals surface area (Å²) in [6.45, 7) is 8.78. The summed E-state index contributed by atoms with van der Waals surface area (Å²) in [5.74, 6) is 1.07. The summed E-state index contributed by atoms with van der Waals surface area (Å²) in [5.41, 5.74) is 4.03. The van der Waals surface area contributed by atoms with E-state index >= 15 is 0 Å². The van der Waals surface area contributed by atoms with E-state index in [0.717, 1.165) is 18.6 Å². The van der Waals surface area contributed by atoms with Gasteiger partial charge in [0.1, 0.15) is 5.76 Å². The lowest BCUT2D eigenvalue weighted by Crippen LogP contribution is -2.29. The van der Waals surface area contributed by atoms with Crippen LogP contribution in [0.3, 0.4) is 0 Å². The Morgan fingerprint density at radius 1 is 1.10 bits per heavy atom. The predicted molar refractivity (Wildman–Crippen MR) is 84.0 cm³/mol. The molecule has 1 aromatic carbocycles. The molecule has 0 saturated heterocycles. The molecule has 0 amide bonds. The van der Waals surface area contributed by atoms with Crippen molar-refractivity contribution in [1.82, 2.24) is 5.32 Å².